The Bertz CT molecular complexity index is 631. The maximum atomic E-state index is 3.56. The SMILES string of the molecule is c1ccc2c(c1)Nc1ccccc1N2CCCCN1CCCCC1. The third-order valence-electron chi connectivity index (χ3n) is 5.21. The van der Waals surface area contributed by atoms with E-state index in [0.717, 1.165) is 6.54 Å². The van der Waals surface area contributed by atoms with E-state index in [1.165, 1.54) is 74.5 Å². The van der Waals surface area contributed by atoms with Crippen molar-refractivity contribution in [1.29, 1.82) is 0 Å². The summed E-state index contributed by atoms with van der Waals surface area (Å²) in [4.78, 5) is 5.13. The molecule has 0 aliphatic carbocycles. The molecule has 2 aliphatic rings. The number of benzene rings is 2. The van der Waals surface area contributed by atoms with Crippen molar-refractivity contribution >= 4 is 22.7 Å². The number of rotatable bonds is 5. The Morgan fingerprint density at radius 1 is 0.708 bits per heavy atom. The molecular formula is C21H27N3. The van der Waals surface area contributed by atoms with E-state index in [-0.39, 0.29) is 0 Å². The average molecular weight is 321 g/mol. The molecule has 0 radical (unpaired) electrons. The van der Waals surface area contributed by atoms with Crippen LogP contribution in [0, 0.1) is 0 Å². The van der Waals surface area contributed by atoms with Gasteiger partial charge < -0.3 is 15.1 Å². The molecule has 24 heavy (non-hydrogen) atoms. The van der Waals surface area contributed by atoms with E-state index in [0.29, 0.717) is 0 Å². The van der Waals surface area contributed by atoms with E-state index in [9.17, 15) is 0 Å². The lowest BCUT2D eigenvalue weighted by molar-refractivity contribution is 0.225. The molecule has 1 saturated heterocycles. The quantitative estimate of drug-likeness (QED) is 0.769. The van der Waals surface area contributed by atoms with Crippen molar-refractivity contribution in [3.63, 3.8) is 0 Å². The summed E-state index contributed by atoms with van der Waals surface area (Å²) in [6, 6.07) is 17.3. The van der Waals surface area contributed by atoms with E-state index in [2.05, 4.69) is 63.6 Å². The first-order valence-electron chi connectivity index (χ1n) is 9.37. The zero-order valence-corrected chi connectivity index (χ0v) is 14.4. The maximum absolute atomic E-state index is 3.56. The van der Waals surface area contributed by atoms with Gasteiger partial charge in [-0.05, 0) is 69.6 Å². The first kappa shape index (κ1) is 15.5. The van der Waals surface area contributed by atoms with E-state index >= 15 is 0 Å². The molecule has 0 spiro atoms. The molecule has 0 bridgehead atoms. The summed E-state index contributed by atoms with van der Waals surface area (Å²) in [6.45, 7) is 4.96. The van der Waals surface area contributed by atoms with Crippen molar-refractivity contribution in [1.82, 2.24) is 4.90 Å². The van der Waals surface area contributed by atoms with Gasteiger partial charge in [0, 0.05) is 6.54 Å². The number of piperidine rings is 1. The maximum Gasteiger partial charge on any atom is 0.0650 e. The smallest absolute Gasteiger partial charge is 0.0650 e. The summed E-state index contributed by atoms with van der Waals surface area (Å²) in [5.41, 5.74) is 5.03. The van der Waals surface area contributed by atoms with E-state index in [1.807, 2.05) is 0 Å². The third kappa shape index (κ3) is 3.27. The molecule has 126 valence electrons. The second-order valence-electron chi connectivity index (χ2n) is 6.92. The van der Waals surface area contributed by atoms with E-state index < -0.39 is 0 Å². The lowest BCUT2D eigenvalue weighted by atomic mass is 10.1. The number of unbranched alkanes of at least 4 members (excludes halogenated alkanes) is 1. The topological polar surface area (TPSA) is 18.5 Å². The molecule has 0 aromatic heterocycles. The van der Waals surface area contributed by atoms with Crippen LogP contribution in [0.15, 0.2) is 48.5 Å². The number of para-hydroxylation sites is 4. The summed E-state index contributed by atoms with van der Waals surface area (Å²) in [5.74, 6) is 0. The van der Waals surface area contributed by atoms with Crippen LogP contribution in [0.25, 0.3) is 0 Å². The lowest BCUT2D eigenvalue weighted by Gasteiger charge is -2.34. The standard InChI is InChI=1S/C21H27N3/c1-6-14-23(15-7-1)16-8-9-17-24-20-12-4-2-10-18(20)22-19-11-3-5-13-21(19)24/h2-5,10-13,22H,1,6-9,14-17H2. The number of fused-ring (bicyclic) bond motifs is 2. The lowest BCUT2D eigenvalue weighted by Crippen LogP contribution is -2.31. The fourth-order valence-corrected chi connectivity index (χ4v) is 3.93. The molecular weight excluding hydrogens is 294 g/mol. The largest absolute Gasteiger partial charge is 0.352 e. The highest BCUT2D eigenvalue weighted by Crippen LogP contribution is 2.43. The molecule has 2 heterocycles. The zero-order chi connectivity index (χ0) is 16.2. The molecule has 2 aromatic carbocycles. The predicted octanol–water partition coefficient (Wildman–Crippen LogP) is 5.15. The molecule has 0 unspecified atom stereocenters. The fraction of sp³-hybridized carbons (Fsp3) is 0.429. The van der Waals surface area contributed by atoms with E-state index in [1.54, 1.807) is 0 Å². The Morgan fingerprint density at radius 3 is 1.96 bits per heavy atom. The van der Waals surface area contributed by atoms with Crippen LogP contribution in [0.2, 0.25) is 0 Å². The molecule has 0 saturated carbocycles. The summed E-state index contributed by atoms with van der Waals surface area (Å²) in [6.07, 6.45) is 6.72. The van der Waals surface area contributed by atoms with Gasteiger partial charge in [-0.1, -0.05) is 30.7 Å². The van der Waals surface area contributed by atoms with Gasteiger partial charge in [0.1, 0.15) is 0 Å². The van der Waals surface area contributed by atoms with Crippen molar-refractivity contribution in [2.75, 3.05) is 36.4 Å². The highest BCUT2D eigenvalue weighted by atomic mass is 15.2. The van der Waals surface area contributed by atoms with Gasteiger partial charge in [0.2, 0.25) is 0 Å². The molecule has 1 fully saturated rings. The number of hydrogen-bond donors (Lipinski definition) is 1. The molecule has 4 rings (SSSR count). The number of hydrogen-bond acceptors (Lipinski definition) is 3. The van der Waals surface area contributed by atoms with E-state index in [4.69, 9.17) is 0 Å². The summed E-state index contributed by atoms with van der Waals surface area (Å²) >= 11 is 0. The van der Waals surface area contributed by atoms with Crippen LogP contribution in [0.4, 0.5) is 22.7 Å². The minimum Gasteiger partial charge on any atom is -0.352 e. The van der Waals surface area contributed by atoms with Gasteiger partial charge in [-0.3, -0.25) is 0 Å². The Hall–Kier alpha value is -2.00. The number of nitrogens with one attached hydrogen (secondary N) is 1. The van der Waals surface area contributed by atoms with Crippen molar-refractivity contribution < 1.29 is 0 Å². The van der Waals surface area contributed by atoms with Gasteiger partial charge in [0.15, 0.2) is 0 Å². The van der Waals surface area contributed by atoms with Crippen LogP contribution in [0.1, 0.15) is 32.1 Å². The third-order valence-corrected chi connectivity index (χ3v) is 5.21. The van der Waals surface area contributed by atoms with Crippen molar-refractivity contribution in [2.24, 2.45) is 0 Å². The summed E-state index contributed by atoms with van der Waals surface area (Å²) < 4.78 is 0. The van der Waals surface area contributed by atoms with Gasteiger partial charge in [-0.15, -0.1) is 0 Å². The highest BCUT2D eigenvalue weighted by molar-refractivity contribution is 5.91. The molecule has 2 aliphatic heterocycles. The number of nitrogens with zero attached hydrogens (tertiary/aromatic N) is 2. The molecule has 0 atom stereocenters. The van der Waals surface area contributed by atoms with Crippen LogP contribution >= 0.6 is 0 Å². The molecule has 3 heteroatoms. The van der Waals surface area contributed by atoms with Crippen LogP contribution in [0.5, 0.6) is 0 Å². The molecule has 3 nitrogen and oxygen atoms in total. The predicted molar refractivity (Wildman–Crippen MR) is 103 cm³/mol. The normalized spacial score (nSPS) is 17.1. The zero-order valence-electron chi connectivity index (χ0n) is 14.4. The molecule has 2 aromatic rings. The Labute approximate surface area is 145 Å². The Morgan fingerprint density at radius 2 is 1.29 bits per heavy atom. The summed E-state index contributed by atoms with van der Waals surface area (Å²) in [5, 5.41) is 3.56. The van der Waals surface area contributed by atoms with Gasteiger partial charge >= 0.3 is 0 Å². The Kier molecular flexibility index (Phi) is 4.70. The minimum atomic E-state index is 1.09. The van der Waals surface area contributed by atoms with Gasteiger partial charge in [0.05, 0.1) is 22.7 Å². The number of likely N-dealkylation sites (tertiary alicyclic amines) is 1. The van der Waals surface area contributed by atoms with Crippen LogP contribution in [-0.2, 0) is 0 Å². The van der Waals surface area contributed by atoms with Crippen molar-refractivity contribution in [3.8, 4) is 0 Å². The molecule has 0 amide bonds. The minimum absolute atomic E-state index is 1.09. The van der Waals surface area contributed by atoms with Crippen molar-refractivity contribution in [2.45, 2.75) is 32.1 Å². The second kappa shape index (κ2) is 7.27. The number of anilines is 4. The van der Waals surface area contributed by atoms with Gasteiger partial charge in [-0.2, -0.15) is 0 Å². The van der Waals surface area contributed by atoms with Crippen LogP contribution < -0.4 is 10.2 Å². The van der Waals surface area contributed by atoms with Gasteiger partial charge in [-0.25, -0.2) is 0 Å². The average Bonchev–Trinajstić information content (AvgIpc) is 2.65. The first-order valence-corrected chi connectivity index (χ1v) is 9.37. The first-order chi connectivity index (χ1) is 11.9. The van der Waals surface area contributed by atoms with Crippen molar-refractivity contribution in [3.05, 3.63) is 48.5 Å². The van der Waals surface area contributed by atoms with Gasteiger partial charge in [0.25, 0.3) is 0 Å². The van der Waals surface area contributed by atoms with Crippen LogP contribution in [0.3, 0.4) is 0 Å². The molecule has 1 N–H and O–H groups in total. The second-order valence-corrected chi connectivity index (χ2v) is 6.92. The Balaban J connectivity index is 1.42. The highest BCUT2D eigenvalue weighted by Gasteiger charge is 2.21. The summed E-state index contributed by atoms with van der Waals surface area (Å²) in [7, 11) is 0. The monoisotopic (exact) mass is 321 g/mol. The fourth-order valence-electron chi connectivity index (χ4n) is 3.93. The van der Waals surface area contributed by atoms with Crippen LogP contribution in [-0.4, -0.2) is 31.1 Å².